The Labute approximate surface area is 252 Å². The molecule has 0 bridgehead atoms. The third-order valence-electron chi connectivity index (χ3n) is 7.40. The first-order chi connectivity index (χ1) is 19.7. The van der Waals surface area contributed by atoms with Gasteiger partial charge in [-0.05, 0) is 62.1 Å². The van der Waals surface area contributed by atoms with Gasteiger partial charge in [0.15, 0.2) is 0 Å². The molecule has 0 spiro atoms. The van der Waals surface area contributed by atoms with Gasteiger partial charge in [-0.2, -0.15) is 0 Å². The highest BCUT2D eigenvalue weighted by molar-refractivity contribution is 7.92. The van der Waals surface area contributed by atoms with Crippen LogP contribution in [0.4, 0.5) is 5.69 Å². The number of rotatable bonds is 11. The fourth-order valence-electron chi connectivity index (χ4n) is 5.03. The monoisotopic (exact) mass is 615 g/mol. The summed E-state index contributed by atoms with van der Waals surface area (Å²) in [5.74, 6) is -0.747. The molecule has 1 aliphatic carbocycles. The van der Waals surface area contributed by atoms with E-state index in [-0.39, 0.29) is 39.1 Å². The van der Waals surface area contributed by atoms with Crippen LogP contribution in [0.3, 0.4) is 0 Å². The Balaban J connectivity index is 1.64. The Morgan fingerprint density at radius 3 is 2.17 bits per heavy atom. The molecule has 2 amide bonds. The van der Waals surface area contributed by atoms with Crippen LogP contribution in [0.5, 0.6) is 0 Å². The first-order valence-corrected chi connectivity index (χ1v) is 16.0. The van der Waals surface area contributed by atoms with Crippen LogP contribution in [0.25, 0.3) is 0 Å². The fraction of sp³-hybridized carbons (Fsp3) is 0.355. The van der Waals surface area contributed by atoms with E-state index in [4.69, 9.17) is 23.2 Å². The molecule has 218 valence electrons. The minimum absolute atomic E-state index is 0.0257. The number of hydrogen-bond donors (Lipinski definition) is 1. The van der Waals surface area contributed by atoms with Crippen LogP contribution >= 0.6 is 23.2 Å². The van der Waals surface area contributed by atoms with Gasteiger partial charge in [0.25, 0.3) is 10.0 Å². The van der Waals surface area contributed by atoms with Crippen molar-refractivity contribution in [2.24, 2.45) is 0 Å². The van der Waals surface area contributed by atoms with Gasteiger partial charge in [0, 0.05) is 12.6 Å². The van der Waals surface area contributed by atoms with Crippen LogP contribution in [-0.4, -0.2) is 50.3 Å². The van der Waals surface area contributed by atoms with Crippen LogP contribution in [0.15, 0.2) is 83.8 Å². The Morgan fingerprint density at radius 1 is 0.902 bits per heavy atom. The summed E-state index contributed by atoms with van der Waals surface area (Å²) >= 11 is 12.4. The van der Waals surface area contributed by atoms with Crippen molar-refractivity contribution in [3.63, 3.8) is 0 Å². The highest BCUT2D eigenvalue weighted by Gasteiger charge is 2.33. The molecule has 4 rings (SSSR count). The van der Waals surface area contributed by atoms with Gasteiger partial charge in [-0.25, -0.2) is 8.42 Å². The summed E-state index contributed by atoms with van der Waals surface area (Å²) in [4.78, 5) is 28.8. The molecule has 7 nitrogen and oxygen atoms in total. The molecule has 1 fully saturated rings. The number of benzene rings is 3. The zero-order valence-electron chi connectivity index (χ0n) is 23.0. The van der Waals surface area contributed by atoms with Gasteiger partial charge in [0.2, 0.25) is 11.8 Å². The van der Waals surface area contributed by atoms with E-state index in [1.165, 1.54) is 35.2 Å². The Hall–Kier alpha value is -3.07. The summed E-state index contributed by atoms with van der Waals surface area (Å²) < 4.78 is 28.7. The van der Waals surface area contributed by atoms with Crippen LogP contribution in [-0.2, 0) is 26.0 Å². The Morgan fingerprint density at radius 2 is 1.54 bits per heavy atom. The van der Waals surface area contributed by atoms with E-state index in [1.54, 1.807) is 25.1 Å². The molecule has 0 heterocycles. The van der Waals surface area contributed by atoms with Crippen molar-refractivity contribution in [1.29, 1.82) is 0 Å². The zero-order chi connectivity index (χ0) is 29.4. The van der Waals surface area contributed by atoms with Gasteiger partial charge in [-0.15, -0.1) is 0 Å². The number of nitrogens with zero attached hydrogens (tertiary/aromatic N) is 2. The second-order valence-electron chi connectivity index (χ2n) is 10.3. The molecule has 1 N–H and O–H groups in total. The van der Waals surface area contributed by atoms with Crippen LogP contribution in [0.2, 0.25) is 10.0 Å². The SMILES string of the molecule is C[C@@H](C(=O)NC1CCCCC1)N(CCc1ccccc1)C(=O)CN(c1ccc(Cl)c(Cl)c1)S(=O)(=O)c1ccccc1. The summed E-state index contributed by atoms with van der Waals surface area (Å²) in [5.41, 5.74) is 1.20. The lowest BCUT2D eigenvalue weighted by Crippen LogP contribution is -2.53. The number of carbonyl (C=O) groups excluding carboxylic acids is 2. The normalized spacial score (nSPS) is 14.7. The number of carbonyl (C=O) groups is 2. The quantitative estimate of drug-likeness (QED) is 0.282. The van der Waals surface area contributed by atoms with E-state index in [9.17, 15) is 18.0 Å². The number of amides is 2. The summed E-state index contributed by atoms with van der Waals surface area (Å²) in [5, 5.41) is 3.53. The molecule has 0 saturated heterocycles. The molecule has 3 aromatic rings. The molecule has 0 radical (unpaired) electrons. The number of hydrogen-bond acceptors (Lipinski definition) is 4. The predicted molar refractivity (Wildman–Crippen MR) is 164 cm³/mol. The zero-order valence-corrected chi connectivity index (χ0v) is 25.3. The maximum Gasteiger partial charge on any atom is 0.264 e. The number of sulfonamides is 1. The standard InChI is InChI=1S/C31H35Cl2N3O4S/c1-23(31(38)34-25-13-7-3-8-14-25)35(20-19-24-11-5-2-6-12-24)30(37)22-36(26-17-18-28(32)29(33)21-26)41(39,40)27-15-9-4-10-16-27/h2,4-6,9-12,15-18,21,23,25H,3,7-8,13-14,19-20,22H2,1H3,(H,34,38)/t23-/m0/s1. The molecule has 3 aromatic carbocycles. The number of halogens is 2. The van der Waals surface area contributed by atoms with Gasteiger partial charge >= 0.3 is 0 Å². The van der Waals surface area contributed by atoms with Crippen LogP contribution < -0.4 is 9.62 Å². The van der Waals surface area contributed by atoms with Gasteiger partial charge in [-0.3, -0.25) is 13.9 Å². The highest BCUT2D eigenvalue weighted by Crippen LogP contribution is 2.31. The number of anilines is 1. The highest BCUT2D eigenvalue weighted by atomic mass is 35.5. The summed E-state index contributed by atoms with van der Waals surface area (Å²) in [6, 6.07) is 21.2. The summed E-state index contributed by atoms with van der Waals surface area (Å²) in [6.07, 6.45) is 5.61. The molecule has 0 aromatic heterocycles. The van der Waals surface area contributed by atoms with Crippen molar-refractivity contribution < 1.29 is 18.0 Å². The lowest BCUT2D eigenvalue weighted by Gasteiger charge is -2.33. The van der Waals surface area contributed by atoms with Gasteiger partial charge in [-0.1, -0.05) is 91.0 Å². The van der Waals surface area contributed by atoms with E-state index in [1.807, 2.05) is 30.3 Å². The second-order valence-corrected chi connectivity index (χ2v) is 12.9. The van der Waals surface area contributed by atoms with Crippen LogP contribution in [0.1, 0.15) is 44.6 Å². The molecule has 41 heavy (non-hydrogen) atoms. The van der Waals surface area contributed by atoms with Crippen LogP contribution in [0, 0.1) is 0 Å². The second kappa shape index (κ2) is 14.2. The maximum atomic E-state index is 14.0. The Bertz CT molecular complexity index is 1430. The molecular weight excluding hydrogens is 581 g/mol. The first kappa shape index (κ1) is 30.9. The van der Waals surface area contributed by atoms with Gasteiger partial charge < -0.3 is 10.2 Å². The lowest BCUT2D eigenvalue weighted by molar-refractivity contribution is -0.139. The van der Waals surface area contributed by atoms with Gasteiger partial charge in [0.1, 0.15) is 12.6 Å². The van der Waals surface area contributed by atoms with Crippen molar-refractivity contribution in [3.8, 4) is 0 Å². The third kappa shape index (κ3) is 8.03. The third-order valence-corrected chi connectivity index (χ3v) is 9.93. The Kier molecular flexibility index (Phi) is 10.7. The van der Waals surface area contributed by atoms with E-state index >= 15 is 0 Å². The van der Waals surface area contributed by atoms with Crippen molar-refractivity contribution >= 4 is 50.7 Å². The van der Waals surface area contributed by atoms with Crippen molar-refractivity contribution in [1.82, 2.24) is 10.2 Å². The predicted octanol–water partition coefficient (Wildman–Crippen LogP) is 6.10. The van der Waals surface area contributed by atoms with Gasteiger partial charge in [0.05, 0.1) is 20.6 Å². The minimum atomic E-state index is -4.16. The number of nitrogens with one attached hydrogen (secondary N) is 1. The summed E-state index contributed by atoms with van der Waals surface area (Å²) in [7, 11) is -4.16. The minimum Gasteiger partial charge on any atom is -0.352 e. The van der Waals surface area contributed by atoms with E-state index in [2.05, 4.69) is 5.32 Å². The maximum absolute atomic E-state index is 14.0. The average molecular weight is 617 g/mol. The van der Waals surface area contributed by atoms with Crippen molar-refractivity contribution in [3.05, 3.63) is 94.5 Å². The van der Waals surface area contributed by atoms with E-state index in [0.29, 0.717) is 6.42 Å². The van der Waals surface area contributed by atoms with E-state index < -0.39 is 28.5 Å². The fourth-order valence-corrected chi connectivity index (χ4v) is 6.75. The topological polar surface area (TPSA) is 86.8 Å². The molecular formula is C31H35Cl2N3O4S. The molecule has 0 aliphatic heterocycles. The molecule has 0 unspecified atom stereocenters. The molecule has 1 aliphatic rings. The smallest absolute Gasteiger partial charge is 0.264 e. The first-order valence-electron chi connectivity index (χ1n) is 13.8. The summed E-state index contributed by atoms with van der Waals surface area (Å²) in [6.45, 7) is 1.41. The molecule has 10 heteroatoms. The largest absolute Gasteiger partial charge is 0.352 e. The van der Waals surface area contributed by atoms with Crippen molar-refractivity contribution in [2.45, 2.75) is 62.4 Å². The molecule has 1 atom stereocenters. The molecule has 1 saturated carbocycles. The van der Waals surface area contributed by atoms with E-state index in [0.717, 1.165) is 42.0 Å². The lowest BCUT2D eigenvalue weighted by atomic mass is 9.95. The average Bonchev–Trinajstić information content (AvgIpc) is 2.98. The van der Waals surface area contributed by atoms with Crippen molar-refractivity contribution in [2.75, 3.05) is 17.4 Å².